The molecule has 2 heterocycles. The van der Waals surface area contributed by atoms with Crippen LogP contribution in [0.25, 0.3) is 0 Å². The van der Waals surface area contributed by atoms with Crippen molar-refractivity contribution in [3.8, 4) is 0 Å². The van der Waals surface area contributed by atoms with Crippen LogP contribution in [-0.4, -0.2) is 58.5 Å². The summed E-state index contributed by atoms with van der Waals surface area (Å²) >= 11 is 0. The van der Waals surface area contributed by atoms with Gasteiger partial charge in [-0.15, -0.1) is 0 Å². The van der Waals surface area contributed by atoms with E-state index in [-0.39, 0.29) is 24.0 Å². The summed E-state index contributed by atoms with van der Waals surface area (Å²) in [6, 6.07) is -0.294. The molecule has 5 heteroatoms. The van der Waals surface area contributed by atoms with Gasteiger partial charge >= 0.3 is 0 Å². The Kier molecular flexibility index (Phi) is 4.37. The van der Waals surface area contributed by atoms with Gasteiger partial charge in [0.05, 0.1) is 6.10 Å². The molecule has 0 aliphatic carbocycles. The molecule has 2 rings (SSSR count). The third-order valence-corrected chi connectivity index (χ3v) is 4.22. The summed E-state index contributed by atoms with van der Waals surface area (Å²) in [7, 11) is 0. The van der Waals surface area contributed by atoms with E-state index in [4.69, 9.17) is 0 Å². The van der Waals surface area contributed by atoms with E-state index in [2.05, 4.69) is 0 Å². The SMILES string of the molecule is CC(C)(C)C(=O)N1CCCC1C(=O)N1CCC(O)CC1. The number of likely N-dealkylation sites (tertiary alicyclic amines) is 2. The first-order chi connectivity index (χ1) is 9.30. The molecule has 1 unspecified atom stereocenters. The molecule has 2 aliphatic rings. The zero-order chi connectivity index (χ0) is 14.9. The quantitative estimate of drug-likeness (QED) is 0.780. The van der Waals surface area contributed by atoms with E-state index >= 15 is 0 Å². The maximum atomic E-state index is 12.6. The summed E-state index contributed by atoms with van der Waals surface area (Å²) in [6.45, 7) is 7.58. The molecule has 0 radical (unpaired) electrons. The van der Waals surface area contributed by atoms with Gasteiger partial charge in [-0.25, -0.2) is 0 Å². The van der Waals surface area contributed by atoms with Crippen molar-refractivity contribution in [2.24, 2.45) is 5.41 Å². The summed E-state index contributed by atoms with van der Waals surface area (Å²) in [5.74, 6) is 0.123. The number of piperidine rings is 1. The van der Waals surface area contributed by atoms with Crippen LogP contribution in [-0.2, 0) is 9.59 Å². The minimum absolute atomic E-state index is 0.0606. The Morgan fingerprint density at radius 2 is 1.65 bits per heavy atom. The van der Waals surface area contributed by atoms with Crippen LogP contribution in [0.1, 0.15) is 46.5 Å². The van der Waals surface area contributed by atoms with Crippen molar-refractivity contribution in [3.05, 3.63) is 0 Å². The minimum atomic E-state index is -0.443. The molecule has 1 atom stereocenters. The van der Waals surface area contributed by atoms with Crippen molar-refractivity contribution in [3.63, 3.8) is 0 Å². The molecular weight excluding hydrogens is 256 g/mol. The number of hydrogen-bond acceptors (Lipinski definition) is 3. The first kappa shape index (κ1) is 15.3. The number of rotatable bonds is 1. The van der Waals surface area contributed by atoms with Gasteiger partial charge in [0.1, 0.15) is 6.04 Å². The molecule has 2 fully saturated rings. The normalized spacial score (nSPS) is 25.1. The molecule has 0 spiro atoms. The van der Waals surface area contributed by atoms with Crippen molar-refractivity contribution in [1.29, 1.82) is 0 Å². The topological polar surface area (TPSA) is 60.9 Å². The molecule has 0 aromatic heterocycles. The van der Waals surface area contributed by atoms with E-state index < -0.39 is 5.41 Å². The number of nitrogens with zero attached hydrogens (tertiary/aromatic N) is 2. The first-order valence-corrected chi connectivity index (χ1v) is 7.58. The first-order valence-electron chi connectivity index (χ1n) is 7.58. The Bertz CT molecular complexity index is 381. The standard InChI is InChI=1S/C15H26N2O3/c1-15(2,3)14(20)17-8-4-5-12(17)13(19)16-9-6-11(18)7-10-16/h11-12,18H,4-10H2,1-3H3. The lowest BCUT2D eigenvalue weighted by atomic mass is 9.94. The molecule has 114 valence electrons. The lowest BCUT2D eigenvalue weighted by Crippen LogP contribution is -2.52. The zero-order valence-corrected chi connectivity index (χ0v) is 12.8. The summed E-state index contributed by atoms with van der Waals surface area (Å²) in [5.41, 5.74) is -0.443. The molecule has 20 heavy (non-hydrogen) atoms. The Morgan fingerprint density at radius 3 is 2.20 bits per heavy atom. The number of aliphatic hydroxyl groups excluding tert-OH is 1. The lowest BCUT2D eigenvalue weighted by Gasteiger charge is -2.36. The number of hydrogen-bond donors (Lipinski definition) is 1. The maximum absolute atomic E-state index is 12.6. The monoisotopic (exact) mass is 282 g/mol. The van der Waals surface area contributed by atoms with Crippen LogP contribution in [0.15, 0.2) is 0 Å². The highest BCUT2D eigenvalue weighted by atomic mass is 16.3. The minimum Gasteiger partial charge on any atom is -0.393 e. The fourth-order valence-corrected chi connectivity index (χ4v) is 2.99. The molecule has 0 saturated carbocycles. The van der Waals surface area contributed by atoms with Crippen LogP contribution in [0.5, 0.6) is 0 Å². The number of amides is 2. The second-order valence-electron chi connectivity index (χ2n) is 6.96. The molecular formula is C15H26N2O3. The van der Waals surface area contributed by atoms with Gasteiger partial charge in [0.15, 0.2) is 0 Å². The van der Waals surface area contributed by atoms with Crippen molar-refractivity contribution < 1.29 is 14.7 Å². The van der Waals surface area contributed by atoms with Crippen molar-refractivity contribution in [1.82, 2.24) is 9.80 Å². The zero-order valence-electron chi connectivity index (χ0n) is 12.8. The van der Waals surface area contributed by atoms with Crippen LogP contribution in [0, 0.1) is 5.41 Å². The van der Waals surface area contributed by atoms with Crippen LogP contribution in [0.2, 0.25) is 0 Å². The lowest BCUT2D eigenvalue weighted by molar-refractivity contribution is -0.149. The molecule has 2 aliphatic heterocycles. The van der Waals surface area contributed by atoms with Gasteiger partial charge < -0.3 is 14.9 Å². The van der Waals surface area contributed by atoms with Crippen LogP contribution in [0.3, 0.4) is 0 Å². The predicted octanol–water partition coefficient (Wildman–Crippen LogP) is 1.01. The van der Waals surface area contributed by atoms with E-state index in [1.165, 1.54) is 0 Å². The predicted molar refractivity (Wildman–Crippen MR) is 76.0 cm³/mol. The molecule has 2 saturated heterocycles. The summed E-state index contributed by atoms with van der Waals surface area (Å²) in [6.07, 6.45) is 2.67. The van der Waals surface area contributed by atoms with Crippen molar-refractivity contribution >= 4 is 11.8 Å². The highest BCUT2D eigenvalue weighted by Crippen LogP contribution is 2.27. The second-order valence-corrected chi connectivity index (χ2v) is 6.96. The highest BCUT2D eigenvalue weighted by Gasteiger charge is 2.40. The Hall–Kier alpha value is -1.10. The summed E-state index contributed by atoms with van der Waals surface area (Å²) in [5, 5.41) is 9.52. The van der Waals surface area contributed by atoms with Gasteiger partial charge in [-0.1, -0.05) is 20.8 Å². The van der Waals surface area contributed by atoms with Crippen LogP contribution < -0.4 is 0 Å². The van der Waals surface area contributed by atoms with Crippen molar-refractivity contribution in [2.45, 2.75) is 58.6 Å². The number of carbonyl (C=O) groups is 2. The molecule has 0 aromatic rings. The fraction of sp³-hybridized carbons (Fsp3) is 0.867. The Balaban J connectivity index is 2.03. The van der Waals surface area contributed by atoms with Crippen LogP contribution in [0.4, 0.5) is 0 Å². The largest absolute Gasteiger partial charge is 0.393 e. The van der Waals surface area contributed by atoms with E-state index in [1.54, 1.807) is 4.90 Å². The second kappa shape index (κ2) is 5.72. The number of aliphatic hydroxyl groups is 1. The van der Waals surface area contributed by atoms with E-state index in [0.717, 1.165) is 12.8 Å². The van der Waals surface area contributed by atoms with E-state index in [9.17, 15) is 14.7 Å². The van der Waals surface area contributed by atoms with Gasteiger partial charge in [0.25, 0.3) is 0 Å². The van der Waals surface area contributed by atoms with Crippen molar-refractivity contribution in [2.75, 3.05) is 19.6 Å². The molecule has 0 bridgehead atoms. The van der Waals surface area contributed by atoms with Gasteiger partial charge in [0.2, 0.25) is 11.8 Å². The van der Waals surface area contributed by atoms with E-state index in [0.29, 0.717) is 32.5 Å². The average Bonchev–Trinajstić information content (AvgIpc) is 2.85. The molecule has 1 N–H and O–H groups in total. The van der Waals surface area contributed by atoms with Gasteiger partial charge in [0, 0.05) is 25.0 Å². The maximum Gasteiger partial charge on any atom is 0.245 e. The highest BCUT2D eigenvalue weighted by molar-refractivity contribution is 5.90. The Labute approximate surface area is 120 Å². The Morgan fingerprint density at radius 1 is 1.05 bits per heavy atom. The summed E-state index contributed by atoms with van der Waals surface area (Å²) < 4.78 is 0. The van der Waals surface area contributed by atoms with E-state index in [1.807, 2.05) is 25.7 Å². The third-order valence-electron chi connectivity index (χ3n) is 4.22. The fourth-order valence-electron chi connectivity index (χ4n) is 2.99. The third kappa shape index (κ3) is 3.14. The summed E-state index contributed by atoms with van der Waals surface area (Å²) in [4.78, 5) is 28.6. The molecule has 5 nitrogen and oxygen atoms in total. The van der Waals surface area contributed by atoms with Gasteiger partial charge in [-0.2, -0.15) is 0 Å². The number of carbonyl (C=O) groups excluding carboxylic acids is 2. The molecule has 0 aromatic carbocycles. The smallest absolute Gasteiger partial charge is 0.245 e. The average molecular weight is 282 g/mol. The van der Waals surface area contributed by atoms with Crippen LogP contribution >= 0.6 is 0 Å². The molecule has 2 amide bonds. The van der Waals surface area contributed by atoms with Gasteiger partial charge in [-0.05, 0) is 25.7 Å². The van der Waals surface area contributed by atoms with Gasteiger partial charge in [-0.3, -0.25) is 9.59 Å².